The molecule has 1 aromatic rings. The fourth-order valence-corrected chi connectivity index (χ4v) is 3.09. The Morgan fingerprint density at radius 2 is 2.24 bits per heavy atom. The molecule has 0 bridgehead atoms. The molecule has 0 spiro atoms. The van der Waals surface area contributed by atoms with Crippen LogP contribution in [0.4, 0.5) is 0 Å². The quantitative estimate of drug-likeness (QED) is 0.777. The first-order valence-electron chi connectivity index (χ1n) is 5.47. The molecule has 6 heteroatoms. The molecule has 1 unspecified atom stereocenters. The van der Waals surface area contributed by atoms with Crippen LogP contribution in [0.5, 0.6) is 0 Å². The number of furan rings is 1. The molecule has 1 rings (SSSR count). The lowest BCUT2D eigenvalue weighted by molar-refractivity contribution is 0.372. The minimum absolute atomic E-state index is 0.171. The van der Waals surface area contributed by atoms with E-state index in [9.17, 15) is 8.42 Å². The van der Waals surface area contributed by atoms with Crippen molar-refractivity contribution in [2.45, 2.75) is 32.1 Å². The van der Waals surface area contributed by atoms with Crippen LogP contribution >= 0.6 is 0 Å². The van der Waals surface area contributed by atoms with Crippen LogP contribution in [-0.2, 0) is 16.6 Å². The van der Waals surface area contributed by atoms with Gasteiger partial charge in [-0.2, -0.15) is 9.57 Å². The summed E-state index contributed by atoms with van der Waals surface area (Å²) in [6, 6.07) is 5.25. The standard InChI is InChI=1S/C11H16N2O3S/c1-3-11(8-12)17(14,15)13(4-2)9-10-6-5-7-16-10/h5-7,11H,3-4,9H2,1-2H3. The van der Waals surface area contributed by atoms with Crippen LogP contribution < -0.4 is 0 Å². The fourth-order valence-electron chi connectivity index (χ4n) is 1.51. The molecule has 0 radical (unpaired) electrons. The maximum Gasteiger partial charge on any atom is 0.230 e. The normalized spacial score (nSPS) is 13.5. The van der Waals surface area contributed by atoms with E-state index in [2.05, 4.69) is 0 Å². The van der Waals surface area contributed by atoms with E-state index in [1.807, 2.05) is 6.07 Å². The third kappa shape index (κ3) is 3.08. The number of hydrogen-bond donors (Lipinski definition) is 0. The van der Waals surface area contributed by atoms with Crippen LogP contribution in [0.25, 0.3) is 0 Å². The van der Waals surface area contributed by atoms with Crippen molar-refractivity contribution in [3.05, 3.63) is 24.2 Å². The average Bonchev–Trinajstić information content (AvgIpc) is 2.79. The van der Waals surface area contributed by atoms with Gasteiger partial charge < -0.3 is 4.42 Å². The van der Waals surface area contributed by atoms with Gasteiger partial charge in [-0.25, -0.2) is 8.42 Å². The van der Waals surface area contributed by atoms with E-state index in [0.717, 1.165) is 0 Å². The van der Waals surface area contributed by atoms with E-state index in [1.165, 1.54) is 10.6 Å². The Kier molecular flexibility index (Phi) is 4.73. The van der Waals surface area contributed by atoms with Crippen molar-refractivity contribution in [1.82, 2.24) is 4.31 Å². The molecule has 94 valence electrons. The zero-order valence-corrected chi connectivity index (χ0v) is 10.8. The lowest BCUT2D eigenvalue weighted by Crippen LogP contribution is -2.37. The Hall–Kier alpha value is -1.32. The summed E-state index contributed by atoms with van der Waals surface area (Å²) in [5.74, 6) is 0.572. The molecule has 0 amide bonds. The molecule has 0 saturated heterocycles. The van der Waals surface area contributed by atoms with Crippen LogP contribution in [0, 0.1) is 11.3 Å². The minimum atomic E-state index is -3.58. The molecule has 1 aromatic heterocycles. The molecule has 0 saturated carbocycles. The van der Waals surface area contributed by atoms with Crippen LogP contribution in [0.3, 0.4) is 0 Å². The summed E-state index contributed by atoms with van der Waals surface area (Å²) >= 11 is 0. The first kappa shape index (κ1) is 13.7. The second-order valence-electron chi connectivity index (χ2n) is 3.58. The maximum absolute atomic E-state index is 12.1. The summed E-state index contributed by atoms with van der Waals surface area (Å²) in [5, 5.41) is 7.86. The van der Waals surface area contributed by atoms with Crippen molar-refractivity contribution in [2.24, 2.45) is 0 Å². The van der Waals surface area contributed by atoms with E-state index >= 15 is 0 Å². The Balaban J connectivity index is 2.91. The third-order valence-corrected chi connectivity index (χ3v) is 4.76. The number of sulfonamides is 1. The average molecular weight is 256 g/mol. The predicted octanol–water partition coefficient (Wildman–Crippen LogP) is 1.73. The van der Waals surface area contributed by atoms with Crippen molar-refractivity contribution in [2.75, 3.05) is 6.54 Å². The Morgan fingerprint density at radius 3 is 2.65 bits per heavy atom. The van der Waals surface area contributed by atoms with Gasteiger partial charge in [-0.1, -0.05) is 13.8 Å². The number of rotatable bonds is 6. The smallest absolute Gasteiger partial charge is 0.230 e. The van der Waals surface area contributed by atoms with E-state index in [-0.39, 0.29) is 13.0 Å². The van der Waals surface area contributed by atoms with Gasteiger partial charge in [0.1, 0.15) is 5.76 Å². The largest absolute Gasteiger partial charge is 0.468 e. The van der Waals surface area contributed by atoms with Crippen molar-refractivity contribution in [3.63, 3.8) is 0 Å². The van der Waals surface area contributed by atoms with Gasteiger partial charge in [0.05, 0.1) is 18.9 Å². The topological polar surface area (TPSA) is 74.3 Å². The molecule has 5 nitrogen and oxygen atoms in total. The van der Waals surface area contributed by atoms with Gasteiger partial charge in [0.2, 0.25) is 10.0 Å². The van der Waals surface area contributed by atoms with Gasteiger partial charge >= 0.3 is 0 Å². The van der Waals surface area contributed by atoms with E-state index in [4.69, 9.17) is 9.68 Å². The van der Waals surface area contributed by atoms with Crippen molar-refractivity contribution in [1.29, 1.82) is 5.26 Å². The van der Waals surface area contributed by atoms with Crippen molar-refractivity contribution < 1.29 is 12.8 Å². The Bertz CT molecular complexity index is 473. The summed E-state index contributed by atoms with van der Waals surface area (Å²) in [5.41, 5.74) is 0. The summed E-state index contributed by atoms with van der Waals surface area (Å²) in [6.07, 6.45) is 1.78. The molecule has 0 aromatic carbocycles. The summed E-state index contributed by atoms with van der Waals surface area (Å²) in [7, 11) is -3.58. The Morgan fingerprint density at radius 1 is 1.53 bits per heavy atom. The SMILES string of the molecule is CCC(C#N)S(=O)(=O)N(CC)Cc1ccco1. The van der Waals surface area contributed by atoms with E-state index in [0.29, 0.717) is 12.3 Å². The van der Waals surface area contributed by atoms with E-state index < -0.39 is 15.3 Å². The monoisotopic (exact) mass is 256 g/mol. The summed E-state index contributed by atoms with van der Waals surface area (Å²) in [4.78, 5) is 0. The Labute approximate surface area is 102 Å². The fraction of sp³-hybridized carbons (Fsp3) is 0.545. The maximum atomic E-state index is 12.1. The molecule has 0 aliphatic rings. The van der Waals surface area contributed by atoms with Crippen LogP contribution in [0.2, 0.25) is 0 Å². The molecule has 1 atom stereocenters. The summed E-state index contributed by atoms with van der Waals surface area (Å²) < 4.78 is 30.6. The molecule has 17 heavy (non-hydrogen) atoms. The molecule has 0 N–H and O–H groups in total. The molecular formula is C11H16N2O3S. The predicted molar refractivity (Wildman–Crippen MR) is 63.4 cm³/mol. The second kappa shape index (κ2) is 5.84. The summed E-state index contributed by atoms with van der Waals surface area (Å²) in [6.45, 7) is 3.92. The first-order valence-corrected chi connectivity index (χ1v) is 6.97. The van der Waals surface area contributed by atoms with Gasteiger partial charge in [0.15, 0.2) is 5.25 Å². The van der Waals surface area contributed by atoms with Gasteiger partial charge in [0, 0.05) is 6.54 Å². The number of hydrogen-bond acceptors (Lipinski definition) is 4. The van der Waals surface area contributed by atoms with Gasteiger partial charge in [-0.3, -0.25) is 0 Å². The second-order valence-corrected chi connectivity index (χ2v) is 5.69. The molecule has 1 heterocycles. The lowest BCUT2D eigenvalue weighted by atomic mass is 10.4. The van der Waals surface area contributed by atoms with Crippen LogP contribution in [0.1, 0.15) is 26.0 Å². The molecular weight excluding hydrogens is 240 g/mol. The van der Waals surface area contributed by atoms with Gasteiger partial charge in [-0.05, 0) is 18.6 Å². The molecule has 0 aliphatic carbocycles. The highest BCUT2D eigenvalue weighted by molar-refractivity contribution is 7.89. The molecule has 0 fully saturated rings. The zero-order chi connectivity index (χ0) is 12.9. The zero-order valence-electron chi connectivity index (χ0n) is 9.96. The highest BCUT2D eigenvalue weighted by Crippen LogP contribution is 2.15. The van der Waals surface area contributed by atoms with E-state index in [1.54, 1.807) is 26.0 Å². The van der Waals surface area contributed by atoms with Crippen molar-refractivity contribution >= 4 is 10.0 Å². The lowest BCUT2D eigenvalue weighted by Gasteiger charge is -2.21. The first-order chi connectivity index (χ1) is 8.06. The molecule has 0 aliphatic heterocycles. The highest BCUT2D eigenvalue weighted by atomic mass is 32.2. The third-order valence-electron chi connectivity index (χ3n) is 2.50. The number of nitriles is 1. The van der Waals surface area contributed by atoms with Crippen LogP contribution in [0.15, 0.2) is 22.8 Å². The number of nitrogens with zero attached hydrogens (tertiary/aromatic N) is 2. The van der Waals surface area contributed by atoms with Gasteiger partial charge in [0.25, 0.3) is 0 Å². The minimum Gasteiger partial charge on any atom is -0.468 e. The highest BCUT2D eigenvalue weighted by Gasteiger charge is 2.30. The van der Waals surface area contributed by atoms with Gasteiger partial charge in [-0.15, -0.1) is 0 Å². The van der Waals surface area contributed by atoms with Crippen LogP contribution in [-0.4, -0.2) is 24.5 Å². The van der Waals surface area contributed by atoms with Crippen molar-refractivity contribution in [3.8, 4) is 6.07 Å².